The lowest BCUT2D eigenvalue weighted by atomic mass is 9.83. The molecule has 0 radical (unpaired) electrons. The average molecular weight is 267 g/mol. The molecule has 1 amide bonds. The van der Waals surface area contributed by atoms with Gasteiger partial charge in [0.1, 0.15) is 0 Å². The molecule has 0 bridgehead atoms. The van der Waals surface area contributed by atoms with E-state index in [9.17, 15) is 4.79 Å². The van der Waals surface area contributed by atoms with Gasteiger partial charge in [0.25, 0.3) is 0 Å². The predicted octanol–water partition coefficient (Wildman–Crippen LogP) is 2.18. The second-order valence-corrected chi connectivity index (χ2v) is 5.81. The van der Waals surface area contributed by atoms with E-state index in [2.05, 4.69) is 0 Å². The number of rotatable bonds is 2. The summed E-state index contributed by atoms with van der Waals surface area (Å²) in [7, 11) is 0. The van der Waals surface area contributed by atoms with Crippen molar-refractivity contribution in [3.63, 3.8) is 0 Å². The van der Waals surface area contributed by atoms with Crippen molar-refractivity contribution in [2.75, 3.05) is 13.1 Å². The molecule has 1 aromatic rings. The normalized spacial score (nSPS) is 20.2. The maximum atomic E-state index is 12.6. The molecule has 0 aromatic heterocycles. The Morgan fingerprint density at radius 1 is 1.44 bits per heavy atom. The van der Waals surface area contributed by atoms with Crippen LogP contribution in [0, 0.1) is 0 Å². The van der Waals surface area contributed by atoms with Gasteiger partial charge in [-0.3, -0.25) is 4.79 Å². The predicted molar refractivity (Wildman–Crippen MR) is 73.7 cm³/mol. The molecular weight excluding hydrogens is 248 g/mol. The molecule has 0 aliphatic carbocycles. The van der Waals surface area contributed by atoms with E-state index < -0.39 is 5.41 Å². The molecule has 0 spiro atoms. The first-order chi connectivity index (χ1) is 8.43. The van der Waals surface area contributed by atoms with E-state index in [1.165, 1.54) is 0 Å². The highest BCUT2D eigenvalue weighted by Gasteiger charge is 2.37. The van der Waals surface area contributed by atoms with Crippen LogP contribution >= 0.6 is 11.6 Å². The zero-order valence-electron chi connectivity index (χ0n) is 10.8. The van der Waals surface area contributed by atoms with Gasteiger partial charge >= 0.3 is 0 Å². The lowest BCUT2D eigenvalue weighted by molar-refractivity contribution is -0.135. The Hall–Kier alpha value is -1.06. The van der Waals surface area contributed by atoms with Crippen molar-refractivity contribution in [1.82, 2.24) is 4.90 Å². The Morgan fingerprint density at radius 3 is 2.67 bits per heavy atom. The van der Waals surface area contributed by atoms with E-state index in [1.807, 2.05) is 43.0 Å². The van der Waals surface area contributed by atoms with Crippen molar-refractivity contribution >= 4 is 17.5 Å². The minimum atomic E-state index is -0.609. The fourth-order valence-electron chi connectivity index (χ4n) is 2.45. The Bertz CT molecular complexity index is 459. The van der Waals surface area contributed by atoms with Crippen LogP contribution in [0.3, 0.4) is 0 Å². The lowest BCUT2D eigenvalue weighted by Crippen LogP contribution is -2.43. The fraction of sp³-hybridized carbons (Fsp3) is 0.500. The molecule has 4 heteroatoms. The summed E-state index contributed by atoms with van der Waals surface area (Å²) in [6.45, 7) is 5.22. The van der Waals surface area contributed by atoms with Crippen LogP contribution < -0.4 is 5.73 Å². The number of hydrogen-bond acceptors (Lipinski definition) is 2. The zero-order valence-corrected chi connectivity index (χ0v) is 11.6. The zero-order chi connectivity index (χ0) is 13.3. The Kier molecular flexibility index (Phi) is 3.64. The number of carbonyl (C=O) groups is 1. The number of hydrogen-bond donors (Lipinski definition) is 1. The van der Waals surface area contributed by atoms with Crippen molar-refractivity contribution in [1.29, 1.82) is 0 Å². The topological polar surface area (TPSA) is 46.3 Å². The molecule has 2 rings (SSSR count). The molecule has 1 fully saturated rings. The largest absolute Gasteiger partial charge is 0.340 e. The average Bonchev–Trinajstić information content (AvgIpc) is 2.75. The fourth-order valence-corrected chi connectivity index (χ4v) is 2.82. The van der Waals surface area contributed by atoms with E-state index in [-0.39, 0.29) is 11.9 Å². The van der Waals surface area contributed by atoms with Crippen LogP contribution in [0.1, 0.15) is 25.8 Å². The summed E-state index contributed by atoms with van der Waals surface area (Å²) in [5.41, 5.74) is 6.12. The number of carbonyl (C=O) groups excluding carboxylic acids is 1. The van der Waals surface area contributed by atoms with Crippen LogP contribution in [-0.2, 0) is 10.2 Å². The minimum absolute atomic E-state index is 0.101. The number of halogens is 1. The third kappa shape index (κ3) is 2.38. The summed E-state index contributed by atoms with van der Waals surface area (Å²) in [6.07, 6.45) is 0.879. The second kappa shape index (κ2) is 4.90. The lowest BCUT2D eigenvalue weighted by Gasteiger charge is -2.30. The van der Waals surface area contributed by atoms with Crippen LogP contribution in [0.4, 0.5) is 0 Å². The highest BCUT2D eigenvalue weighted by molar-refractivity contribution is 6.31. The van der Waals surface area contributed by atoms with Gasteiger partial charge in [-0.15, -0.1) is 0 Å². The Morgan fingerprint density at radius 2 is 2.11 bits per heavy atom. The third-order valence-corrected chi connectivity index (χ3v) is 3.92. The van der Waals surface area contributed by atoms with Crippen molar-refractivity contribution in [2.24, 2.45) is 5.73 Å². The summed E-state index contributed by atoms with van der Waals surface area (Å²) in [6, 6.07) is 7.62. The molecule has 98 valence electrons. The SMILES string of the molecule is CC(C)(C(=O)N1CC[C@H](N)C1)c1ccccc1Cl. The van der Waals surface area contributed by atoms with Crippen molar-refractivity contribution in [3.8, 4) is 0 Å². The van der Waals surface area contributed by atoms with Gasteiger partial charge in [-0.1, -0.05) is 29.8 Å². The van der Waals surface area contributed by atoms with Gasteiger partial charge in [0.15, 0.2) is 0 Å². The summed E-state index contributed by atoms with van der Waals surface area (Å²) < 4.78 is 0. The van der Waals surface area contributed by atoms with Gasteiger partial charge in [-0.05, 0) is 31.9 Å². The monoisotopic (exact) mass is 266 g/mol. The van der Waals surface area contributed by atoms with Gasteiger partial charge in [0.05, 0.1) is 5.41 Å². The highest BCUT2D eigenvalue weighted by Crippen LogP contribution is 2.32. The molecule has 1 saturated heterocycles. The number of nitrogens with zero attached hydrogens (tertiary/aromatic N) is 1. The van der Waals surface area contributed by atoms with E-state index in [1.54, 1.807) is 0 Å². The molecule has 1 aliphatic heterocycles. The number of amides is 1. The van der Waals surface area contributed by atoms with Gasteiger partial charge in [0.2, 0.25) is 5.91 Å². The van der Waals surface area contributed by atoms with Crippen LogP contribution in [0.15, 0.2) is 24.3 Å². The van der Waals surface area contributed by atoms with Crippen LogP contribution in [0.25, 0.3) is 0 Å². The maximum absolute atomic E-state index is 12.6. The molecule has 3 nitrogen and oxygen atoms in total. The molecule has 0 saturated carbocycles. The molecule has 0 unspecified atom stereocenters. The summed E-state index contributed by atoms with van der Waals surface area (Å²) in [5, 5.41) is 0.638. The highest BCUT2D eigenvalue weighted by atomic mass is 35.5. The minimum Gasteiger partial charge on any atom is -0.340 e. The van der Waals surface area contributed by atoms with E-state index in [0.717, 1.165) is 18.5 Å². The van der Waals surface area contributed by atoms with Crippen LogP contribution in [0.2, 0.25) is 5.02 Å². The molecule has 18 heavy (non-hydrogen) atoms. The molecular formula is C14H19ClN2O. The summed E-state index contributed by atoms with van der Waals surface area (Å²) in [5.74, 6) is 0.101. The third-order valence-electron chi connectivity index (χ3n) is 3.59. The molecule has 1 aromatic carbocycles. The first-order valence-corrected chi connectivity index (χ1v) is 6.60. The first-order valence-electron chi connectivity index (χ1n) is 6.23. The number of nitrogens with two attached hydrogens (primary N) is 1. The molecule has 1 atom stereocenters. The Balaban J connectivity index is 2.26. The van der Waals surface area contributed by atoms with Gasteiger partial charge in [-0.25, -0.2) is 0 Å². The van der Waals surface area contributed by atoms with E-state index >= 15 is 0 Å². The molecule has 1 heterocycles. The van der Waals surface area contributed by atoms with E-state index in [4.69, 9.17) is 17.3 Å². The van der Waals surface area contributed by atoms with Crippen LogP contribution in [-0.4, -0.2) is 29.9 Å². The maximum Gasteiger partial charge on any atom is 0.232 e. The Labute approximate surface area is 113 Å². The smallest absolute Gasteiger partial charge is 0.232 e. The quantitative estimate of drug-likeness (QED) is 0.892. The summed E-state index contributed by atoms with van der Waals surface area (Å²) in [4.78, 5) is 14.4. The van der Waals surface area contributed by atoms with Crippen molar-refractivity contribution in [3.05, 3.63) is 34.9 Å². The van der Waals surface area contributed by atoms with Gasteiger partial charge in [0, 0.05) is 24.2 Å². The van der Waals surface area contributed by atoms with E-state index in [0.29, 0.717) is 11.6 Å². The second-order valence-electron chi connectivity index (χ2n) is 5.40. The standard InChI is InChI=1S/C14H19ClN2O/c1-14(2,11-5-3-4-6-12(11)15)13(18)17-8-7-10(16)9-17/h3-6,10H,7-9,16H2,1-2H3/t10-/m0/s1. The van der Waals surface area contributed by atoms with Crippen LogP contribution in [0.5, 0.6) is 0 Å². The molecule has 2 N–H and O–H groups in total. The van der Waals surface area contributed by atoms with Gasteiger partial charge in [-0.2, -0.15) is 0 Å². The van der Waals surface area contributed by atoms with Gasteiger partial charge < -0.3 is 10.6 Å². The van der Waals surface area contributed by atoms with Crippen molar-refractivity contribution < 1.29 is 4.79 Å². The summed E-state index contributed by atoms with van der Waals surface area (Å²) >= 11 is 6.19. The van der Waals surface area contributed by atoms with Crippen molar-refractivity contribution in [2.45, 2.75) is 31.7 Å². The number of likely N-dealkylation sites (tertiary alicyclic amines) is 1. The molecule has 1 aliphatic rings. The first kappa shape index (κ1) is 13.4. The number of benzene rings is 1.